The van der Waals surface area contributed by atoms with Crippen molar-refractivity contribution in [1.29, 1.82) is 0 Å². The smallest absolute Gasteiger partial charge is 0.297 e. The first-order valence-electron chi connectivity index (χ1n) is 6.71. The van der Waals surface area contributed by atoms with Crippen molar-refractivity contribution >= 4 is 0 Å². The molecule has 0 radical (unpaired) electrons. The lowest BCUT2D eigenvalue weighted by Crippen LogP contribution is -2.45. The van der Waals surface area contributed by atoms with Crippen molar-refractivity contribution in [2.24, 2.45) is 0 Å². The Kier molecular flexibility index (Phi) is 4.83. The third-order valence-electron chi connectivity index (χ3n) is 3.57. The largest absolute Gasteiger partial charge is 0.416 e. The summed E-state index contributed by atoms with van der Waals surface area (Å²) < 4.78 is 38.8. The van der Waals surface area contributed by atoms with E-state index in [1.54, 1.807) is 12.1 Å². The van der Waals surface area contributed by atoms with E-state index in [9.17, 15) is 13.2 Å². The predicted molar refractivity (Wildman–Crippen MR) is 73.4 cm³/mol. The van der Waals surface area contributed by atoms with Gasteiger partial charge in [-0.1, -0.05) is 24.3 Å². The normalized spacial score (nSPS) is 18.1. The molecule has 1 aliphatic heterocycles. The van der Waals surface area contributed by atoms with Crippen LogP contribution in [0, 0.1) is 0 Å². The molecule has 1 fully saturated rings. The molecule has 0 aromatic heterocycles. The van der Waals surface area contributed by atoms with Crippen molar-refractivity contribution in [2.75, 3.05) is 32.7 Å². The van der Waals surface area contributed by atoms with Crippen LogP contribution in [0.3, 0.4) is 0 Å². The predicted octanol–water partition coefficient (Wildman–Crippen LogP) is 3.01. The average molecular weight is 284 g/mol. The van der Waals surface area contributed by atoms with Crippen molar-refractivity contribution in [3.63, 3.8) is 0 Å². The zero-order valence-corrected chi connectivity index (χ0v) is 11.4. The highest BCUT2D eigenvalue weighted by Gasteiger charge is 2.33. The van der Waals surface area contributed by atoms with Crippen molar-refractivity contribution in [3.05, 3.63) is 48.0 Å². The van der Waals surface area contributed by atoms with E-state index >= 15 is 0 Å². The number of hydrogen-bond acceptors (Lipinski definition) is 2. The average Bonchev–Trinajstić information content (AvgIpc) is 2.41. The molecule has 1 heterocycles. The fourth-order valence-electron chi connectivity index (χ4n) is 2.49. The molecule has 1 aromatic carbocycles. The Balaban J connectivity index is 2.00. The Morgan fingerprint density at radius 1 is 1.05 bits per heavy atom. The van der Waals surface area contributed by atoms with Gasteiger partial charge in [-0.2, -0.15) is 13.2 Å². The van der Waals surface area contributed by atoms with Crippen LogP contribution in [0.4, 0.5) is 13.2 Å². The van der Waals surface area contributed by atoms with Crippen LogP contribution in [-0.4, -0.2) is 42.5 Å². The van der Waals surface area contributed by atoms with E-state index in [2.05, 4.69) is 16.4 Å². The van der Waals surface area contributed by atoms with E-state index in [-0.39, 0.29) is 0 Å². The van der Waals surface area contributed by atoms with Gasteiger partial charge in [-0.3, -0.25) is 9.80 Å². The van der Waals surface area contributed by atoms with Gasteiger partial charge >= 0.3 is 6.18 Å². The molecule has 1 aromatic rings. The Morgan fingerprint density at radius 2 is 1.65 bits per heavy atom. The Labute approximate surface area is 117 Å². The van der Waals surface area contributed by atoms with Crippen LogP contribution in [0.5, 0.6) is 0 Å². The van der Waals surface area contributed by atoms with Crippen LogP contribution in [0.15, 0.2) is 36.9 Å². The minimum atomic E-state index is -4.28. The summed E-state index contributed by atoms with van der Waals surface area (Å²) in [6.07, 6.45) is -2.42. The highest BCUT2D eigenvalue weighted by atomic mass is 19.4. The van der Waals surface area contributed by atoms with Crippen molar-refractivity contribution in [2.45, 2.75) is 12.7 Å². The van der Waals surface area contributed by atoms with Gasteiger partial charge in [0, 0.05) is 39.3 Å². The molecule has 0 amide bonds. The molecule has 20 heavy (non-hydrogen) atoms. The summed E-state index contributed by atoms with van der Waals surface area (Å²) in [6.45, 7) is 8.23. The maximum absolute atomic E-state index is 12.9. The summed E-state index contributed by atoms with van der Waals surface area (Å²) in [7, 11) is 0. The SMILES string of the molecule is C=CCN1CCN(Cc2ccccc2C(F)(F)F)CC1. The molecular weight excluding hydrogens is 265 g/mol. The van der Waals surface area contributed by atoms with E-state index in [1.807, 2.05) is 6.08 Å². The van der Waals surface area contributed by atoms with Gasteiger partial charge in [-0.25, -0.2) is 0 Å². The standard InChI is InChI=1S/C15H19F3N2/c1-2-7-19-8-10-20(11-9-19)12-13-5-3-4-6-14(13)15(16,17)18/h2-6H,1,7-12H2. The van der Waals surface area contributed by atoms with Crippen molar-refractivity contribution in [3.8, 4) is 0 Å². The van der Waals surface area contributed by atoms with Gasteiger partial charge in [-0.05, 0) is 11.6 Å². The molecule has 0 saturated carbocycles. The Bertz CT molecular complexity index is 449. The van der Waals surface area contributed by atoms with E-state index < -0.39 is 11.7 Å². The van der Waals surface area contributed by atoms with E-state index in [4.69, 9.17) is 0 Å². The second-order valence-corrected chi connectivity index (χ2v) is 5.02. The van der Waals surface area contributed by atoms with E-state index in [0.29, 0.717) is 12.1 Å². The number of hydrogen-bond donors (Lipinski definition) is 0. The van der Waals surface area contributed by atoms with E-state index in [0.717, 1.165) is 38.8 Å². The summed E-state index contributed by atoms with van der Waals surface area (Å²) in [5.74, 6) is 0. The summed E-state index contributed by atoms with van der Waals surface area (Å²) in [4.78, 5) is 4.32. The number of halogens is 3. The molecular formula is C15H19F3N2. The zero-order valence-electron chi connectivity index (χ0n) is 11.4. The maximum atomic E-state index is 12.9. The zero-order chi connectivity index (χ0) is 14.6. The van der Waals surface area contributed by atoms with Crippen LogP contribution < -0.4 is 0 Å². The minimum absolute atomic E-state index is 0.358. The van der Waals surface area contributed by atoms with Gasteiger partial charge in [0.05, 0.1) is 5.56 Å². The molecule has 0 spiro atoms. The Hall–Kier alpha value is -1.33. The lowest BCUT2D eigenvalue weighted by Gasteiger charge is -2.34. The molecule has 0 N–H and O–H groups in total. The molecule has 0 aliphatic carbocycles. The third-order valence-corrected chi connectivity index (χ3v) is 3.57. The number of rotatable bonds is 4. The lowest BCUT2D eigenvalue weighted by molar-refractivity contribution is -0.138. The van der Waals surface area contributed by atoms with Gasteiger partial charge in [-0.15, -0.1) is 6.58 Å². The third kappa shape index (κ3) is 3.84. The fraction of sp³-hybridized carbons (Fsp3) is 0.467. The highest BCUT2D eigenvalue weighted by Crippen LogP contribution is 2.32. The first-order valence-corrected chi connectivity index (χ1v) is 6.71. The minimum Gasteiger partial charge on any atom is -0.297 e. The van der Waals surface area contributed by atoms with Crippen LogP contribution in [0.2, 0.25) is 0 Å². The van der Waals surface area contributed by atoms with Gasteiger partial charge in [0.2, 0.25) is 0 Å². The van der Waals surface area contributed by atoms with Gasteiger partial charge in [0.15, 0.2) is 0 Å². The second kappa shape index (κ2) is 6.41. The number of benzene rings is 1. The number of alkyl halides is 3. The van der Waals surface area contributed by atoms with Crippen LogP contribution in [0.25, 0.3) is 0 Å². The van der Waals surface area contributed by atoms with Crippen molar-refractivity contribution < 1.29 is 13.2 Å². The quantitative estimate of drug-likeness (QED) is 0.784. The summed E-state index contributed by atoms with van der Waals surface area (Å²) in [5.41, 5.74) is -0.161. The number of piperazine rings is 1. The molecule has 1 saturated heterocycles. The molecule has 0 unspecified atom stereocenters. The maximum Gasteiger partial charge on any atom is 0.416 e. The topological polar surface area (TPSA) is 6.48 Å². The van der Waals surface area contributed by atoms with Crippen LogP contribution in [-0.2, 0) is 12.7 Å². The van der Waals surface area contributed by atoms with Crippen LogP contribution in [0.1, 0.15) is 11.1 Å². The molecule has 1 aliphatic rings. The molecule has 0 bridgehead atoms. The summed E-state index contributed by atoms with van der Waals surface area (Å²) in [6, 6.07) is 5.83. The summed E-state index contributed by atoms with van der Waals surface area (Å²) in [5, 5.41) is 0. The van der Waals surface area contributed by atoms with Crippen molar-refractivity contribution in [1.82, 2.24) is 9.80 Å². The van der Waals surface area contributed by atoms with Gasteiger partial charge in [0.25, 0.3) is 0 Å². The first kappa shape index (κ1) is 15.1. The molecule has 2 nitrogen and oxygen atoms in total. The second-order valence-electron chi connectivity index (χ2n) is 5.02. The monoisotopic (exact) mass is 284 g/mol. The van der Waals surface area contributed by atoms with Gasteiger partial charge < -0.3 is 0 Å². The van der Waals surface area contributed by atoms with Crippen LogP contribution >= 0.6 is 0 Å². The van der Waals surface area contributed by atoms with Gasteiger partial charge in [0.1, 0.15) is 0 Å². The Morgan fingerprint density at radius 3 is 2.25 bits per heavy atom. The summed E-state index contributed by atoms with van der Waals surface area (Å²) >= 11 is 0. The molecule has 110 valence electrons. The molecule has 2 rings (SSSR count). The first-order chi connectivity index (χ1) is 9.50. The number of nitrogens with zero attached hydrogens (tertiary/aromatic N) is 2. The molecule has 0 atom stereocenters. The fourth-order valence-corrected chi connectivity index (χ4v) is 2.49. The van der Waals surface area contributed by atoms with E-state index in [1.165, 1.54) is 6.07 Å². The molecule has 5 heteroatoms. The lowest BCUT2D eigenvalue weighted by atomic mass is 10.1. The highest BCUT2D eigenvalue weighted by molar-refractivity contribution is 5.29.